The molecule has 2 bridgehead atoms. The zero-order valence-corrected chi connectivity index (χ0v) is 25.8. The highest BCUT2D eigenvalue weighted by Gasteiger charge is 2.43. The van der Waals surface area contributed by atoms with Crippen molar-refractivity contribution in [2.24, 2.45) is 5.92 Å². The number of hydrogen-bond donors (Lipinski definition) is 1. The van der Waals surface area contributed by atoms with Gasteiger partial charge < -0.3 is 20.0 Å². The Morgan fingerprint density at radius 3 is 2.68 bits per heavy atom. The van der Waals surface area contributed by atoms with E-state index in [0.717, 1.165) is 0 Å². The molecule has 0 aliphatic carbocycles. The first-order valence-corrected chi connectivity index (χ1v) is 16.1. The summed E-state index contributed by atoms with van der Waals surface area (Å²) in [5.74, 6) is -0.612. The first-order valence-electron chi connectivity index (χ1n) is 15.2. The quantitative estimate of drug-likeness (QED) is 0.370. The molecule has 14 heteroatoms. The van der Waals surface area contributed by atoms with Gasteiger partial charge in [-0.05, 0) is 37.7 Å². The number of rotatable bonds is 4. The summed E-state index contributed by atoms with van der Waals surface area (Å²) < 4.78 is 3.38. The molecule has 1 N–H and O–H groups in total. The van der Waals surface area contributed by atoms with Gasteiger partial charge in [0, 0.05) is 75.4 Å². The normalized spacial score (nSPS) is 20.3. The minimum absolute atomic E-state index is 0.0163. The molecule has 6 heterocycles. The van der Waals surface area contributed by atoms with Gasteiger partial charge in [0.25, 0.3) is 11.8 Å². The van der Waals surface area contributed by atoms with E-state index in [1.807, 2.05) is 30.3 Å². The Morgan fingerprint density at radius 2 is 1.89 bits per heavy atom. The Balaban J connectivity index is 1.24. The minimum Gasteiger partial charge on any atom is -0.354 e. The lowest BCUT2D eigenvalue weighted by Gasteiger charge is -2.31. The van der Waals surface area contributed by atoms with Crippen LogP contribution in [0.3, 0.4) is 0 Å². The standard InChI is InChI=1S/C30H37N9O4S/c1-20(2)15-26(40)37-11-6-10-35(28(42)22-17-25-31-8-5-12-39(25)34-22)9-4-3-7-32-27(41)24-16-21(37)18-38(24)29(43)23-19-36-13-14-44-30(36)33-23/h5,8,12-14,17,19-21,24H,3-4,6-7,9-11,15-16,18H2,1-2H3,(H,32,41)/t21-,24-/m0/s1. The van der Waals surface area contributed by atoms with Gasteiger partial charge >= 0.3 is 0 Å². The smallest absolute Gasteiger partial charge is 0.274 e. The van der Waals surface area contributed by atoms with Crippen molar-refractivity contribution in [1.29, 1.82) is 0 Å². The molecule has 2 fully saturated rings. The second-order valence-corrected chi connectivity index (χ2v) is 12.7. The number of thiazole rings is 1. The third kappa shape index (κ3) is 6.16. The molecule has 0 unspecified atom stereocenters. The zero-order chi connectivity index (χ0) is 30.8. The van der Waals surface area contributed by atoms with Gasteiger partial charge in [-0.1, -0.05) is 13.8 Å². The third-order valence-corrected chi connectivity index (χ3v) is 8.99. The fourth-order valence-electron chi connectivity index (χ4n) is 6.07. The lowest BCUT2D eigenvalue weighted by atomic mass is 10.1. The third-order valence-electron chi connectivity index (χ3n) is 8.22. The number of amides is 4. The Hall–Kier alpha value is -4.33. The van der Waals surface area contributed by atoms with Gasteiger partial charge in [-0.15, -0.1) is 11.3 Å². The van der Waals surface area contributed by atoms with E-state index in [1.54, 1.807) is 49.4 Å². The summed E-state index contributed by atoms with van der Waals surface area (Å²) in [6.45, 7) is 5.99. The van der Waals surface area contributed by atoms with Crippen LogP contribution in [0, 0.1) is 5.92 Å². The monoisotopic (exact) mass is 619 g/mol. The second-order valence-electron chi connectivity index (χ2n) is 11.9. The molecule has 0 saturated carbocycles. The van der Waals surface area contributed by atoms with Crippen molar-refractivity contribution in [2.45, 2.75) is 58.0 Å². The molecule has 0 aromatic carbocycles. The summed E-state index contributed by atoms with van der Waals surface area (Å²) in [7, 11) is 0. The highest BCUT2D eigenvalue weighted by molar-refractivity contribution is 7.15. The summed E-state index contributed by atoms with van der Waals surface area (Å²) in [4.78, 5) is 69.0. The number of aromatic nitrogens is 5. The molecule has 4 aromatic heterocycles. The molecule has 2 atom stereocenters. The van der Waals surface area contributed by atoms with Crippen LogP contribution in [0.1, 0.15) is 66.9 Å². The highest BCUT2D eigenvalue weighted by atomic mass is 32.1. The molecule has 0 spiro atoms. The molecule has 13 nitrogen and oxygen atoms in total. The maximum absolute atomic E-state index is 13.7. The fraction of sp³-hybridized carbons (Fsp3) is 0.500. The first-order chi connectivity index (χ1) is 21.3. The van der Waals surface area contributed by atoms with Gasteiger partial charge in [-0.2, -0.15) is 5.10 Å². The number of fused-ring (bicyclic) bond motifs is 4. The Morgan fingerprint density at radius 1 is 1.05 bits per heavy atom. The van der Waals surface area contributed by atoms with Crippen molar-refractivity contribution in [3.63, 3.8) is 0 Å². The zero-order valence-electron chi connectivity index (χ0n) is 25.0. The molecular formula is C30H37N9O4S. The van der Waals surface area contributed by atoms with Gasteiger partial charge in [-0.25, -0.2) is 14.5 Å². The molecular weight excluding hydrogens is 582 g/mol. The SMILES string of the molecule is CC(C)CC(=O)N1CCCN(C(=O)c2cc3ncccn3n2)CCCCNC(=O)[C@@H]2C[C@H]1CN2C(=O)c1cn2ccsc2n1. The maximum atomic E-state index is 13.7. The van der Waals surface area contributed by atoms with E-state index in [4.69, 9.17) is 0 Å². The van der Waals surface area contributed by atoms with Crippen molar-refractivity contribution >= 4 is 45.6 Å². The molecule has 232 valence electrons. The molecule has 4 aromatic rings. The van der Waals surface area contributed by atoms with Crippen LogP contribution in [0.2, 0.25) is 0 Å². The van der Waals surface area contributed by atoms with Crippen molar-refractivity contribution in [1.82, 2.24) is 44.0 Å². The van der Waals surface area contributed by atoms with Crippen LogP contribution in [0.5, 0.6) is 0 Å². The molecule has 44 heavy (non-hydrogen) atoms. The van der Waals surface area contributed by atoms with Gasteiger partial charge in [0.1, 0.15) is 11.7 Å². The van der Waals surface area contributed by atoms with Crippen LogP contribution < -0.4 is 5.32 Å². The number of carbonyl (C=O) groups is 4. The van der Waals surface area contributed by atoms with Crippen LogP contribution in [-0.4, -0.2) is 107 Å². The number of likely N-dealkylation sites (tertiary alicyclic amines) is 1. The number of carbonyl (C=O) groups excluding carboxylic acids is 4. The predicted molar refractivity (Wildman–Crippen MR) is 163 cm³/mol. The number of nitrogens with zero attached hydrogens (tertiary/aromatic N) is 8. The summed E-state index contributed by atoms with van der Waals surface area (Å²) in [5, 5.41) is 9.32. The van der Waals surface area contributed by atoms with E-state index >= 15 is 0 Å². The van der Waals surface area contributed by atoms with Crippen LogP contribution in [0.15, 0.2) is 42.3 Å². The number of imidazole rings is 1. The van der Waals surface area contributed by atoms with Crippen LogP contribution in [0.25, 0.3) is 10.6 Å². The van der Waals surface area contributed by atoms with Crippen LogP contribution >= 0.6 is 11.3 Å². The average Bonchev–Trinajstić information content (AvgIpc) is 3.79. The van der Waals surface area contributed by atoms with E-state index in [1.165, 1.54) is 11.3 Å². The summed E-state index contributed by atoms with van der Waals surface area (Å²) in [6, 6.07) is 2.40. The average molecular weight is 620 g/mol. The molecule has 2 aliphatic heterocycles. The van der Waals surface area contributed by atoms with Crippen molar-refractivity contribution in [3.8, 4) is 0 Å². The fourth-order valence-corrected chi connectivity index (χ4v) is 6.77. The van der Waals surface area contributed by atoms with E-state index in [-0.39, 0.29) is 47.8 Å². The number of nitrogens with one attached hydrogen (secondary N) is 1. The molecule has 6 rings (SSSR count). The molecule has 2 saturated heterocycles. The number of hydrogen-bond acceptors (Lipinski definition) is 8. The Kier molecular flexibility index (Phi) is 8.60. The van der Waals surface area contributed by atoms with Gasteiger partial charge in [-0.3, -0.25) is 23.6 Å². The summed E-state index contributed by atoms with van der Waals surface area (Å²) in [5.41, 5.74) is 1.19. The second kappa shape index (κ2) is 12.7. The minimum atomic E-state index is -0.703. The summed E-state index contributed by atoms with van der Waals surface area (Å²) >= 11 is 1.43. The maximum Gasteiger partial charge on any atom is 0.274 e. The largest absolute Gasteiger partial charge is 0.354 e. The van der Waals surface area contributed by atoms with Gasteiger partial charge in [0.15, 0.2) is 16.3 Å². The highest BCUT2D eigenvalue weighted by Crippen LogP contribution is 2.27. The Labute approximate surface area is 258 Å². The molecule has 0 radical (unpaired) electrons. The van der Waals surface area contributed by atoms with Crippen LogP contribution in [-0.2, 0) is 9.59 Å². The van der Waals surface area contributed by atoms with E-state index in [0.29, 0.717) is 74.6 Å². The first kappa shape index (κ1) is 29.7. The van der Waals surface area contributed by atoms with Crippen molar-refractivity contribution in [3.05, 3.63) is 53.7 Å². The van der Waals surface area contributed by atoms with Gasteiger partial charge in [0.05, 0.1) is 6.04 Å². The topological polar surface area (TPSA) is 138 Å². The molecule has 4 amide bonds. The van der Waals surface area contributed by atoms with Crippen molar-refractivity contribution < 1.29 is 19.2 Å². The van der Waals surface area contributed by atoms with Crippen molar-refractivity contribution in [2.75, 3.05) is 32.7 Å². The summed E-state index contributed by atoms with van der Waals surface area (Å²) in [6.07, 6.45) is 9.54. The van der Waals surface area contributed by atoms with E-state index in [9.17, 15) is 19.2 Å². The van der Waals surface area contributed by atoms with Gasteiger partial charge in [0.2, 0.25) is 11.8 Å². The van der Waals surface area contributed by atoms with E-state index in [2.05, 4.69) is 20.4 Å². The predicted octanol–water partition coefficient (Wildman–Crippen LogP) is 2.34. The molecule has 2 aliphatic rings. The Bertz CT molecular complexity index is 1620. The van der Waals surface area contributed by atoms with E-state index < -0.39 is 6.04 Å². The van der Waals surface area contributed by atoms with Crippen LogP contribution in [0.4, 0.5) is 0 Å². The lowest BCUT2D eigenvalue weighted by Crippen LogP contribution is -2.46. The lowest BCUT2D eigenvalue weighted by molar-refractivity contribution is -0.134.